The molecule has 1 atom stereocenters. The lowest BCUT2D eigenvalue weighted by Crippen LogP contribution is -2.09. The highest BCUT2D eigenvalue weighted by molar-refractivity contribution is 6.34. The third-order valence-corrected chi connectivity index (χ3v) is 5.39. The Morgan fingerprint density at radius 2 is 2.06 bits per heavy atom. The number of carbonyl (C=O) groups is 1. The number of aromatic nitrogens is 3. The van der Waals surface area contributed by atoms with Crippen LogP contribution in [0.2, 0.25) is 5.02 Å². The number of ketones is 1. The highest BCUT2D eigenvalue weighted by Gasteiger charge is 2.32. The number of halogens is 4. The van der Waals surface area contributed by atoms with Crippen molar-refractivity contribution in [3.05, 3.63) is 63.9 Å². The van der Waals surface area contributed by atoms with E-state index in [0.717, 1.165) is 12.1 Å². The predicted octanol–water partition coefficient (Wildman–Crippen LogP) is 5.20. The number of aliphatic imine (C=N–C) groups is 1. The molecule has 0 fully saturated rings. The van der Waals surface area contributed by atoms with Gasteiger partial charge in [-0.1, -0.05) is 23.7 Å². The number of methoxy groups -OCH3 is 1. The normalized spacial score (nSPS) is 14.1. The minimum absolute atomic E-state index is 0.0318. The van der Waals surface area contributed by atoms with Crippen molar-refractivity contribution in [1.82, 2.24) is 15.1 Å². The van der Waals surface area contributed by atoms with E-state index in [4.69, 9.17) is 20.9 Å². The number of hydrogen-bond donors (Lipinski definition) is 0. The zero-order chi connectivity index (χ0) is 23.0. The fraction of sp³-hybridized carbons (Fsp3) is 0.286. The number of fused-ring (bicyclic) bond motifs is 1. The molecule has 0 aliphatic carbocycles. The number of carbonyl (C=O) groups excluding carboxylic acids is 1. The zero-order valence-corrected chi connectivity index (χ0v) is 17.7. The van der Waals surface area contributed by atoms with Gasteiger partial charge in [-0.15, -0.1) is 0 Å². The number of rotatable bonds is 6. The molecule has 2 aromatic heterocycles. The van der Waals surface area contributed by atoms with Gasteiger partial charge in [-0.3, -0.25) is 4.79 Å². The number of alkyl halides is 3. The SMILES string of the molecule is COc1ncnc(C(=O)C[C@H](C)c2cc(C3=Nc4ccc(C(F)(F)F)cc4C3)on2)c1Cl. The van der Waals surface area contributed by atoms with Gasteiger partial charge in [0.15, 0.2) is 11.5 Å². The van der Waals surface area contributed by atoms with E-state index in [1.165, 1.54) is 19.5 Å². The summed E-state index contributed by atoms with van der Waals surface area (Å²) in [4.78, 5) is 24.8. The molecular weight excluding hydrogens is 449 g/mol. The van der Waals surface area contributed by atoms with Crippen LogP contribution in [-0.4, -0.2) is 33.7 Å². The van der Waals surface area contributed by atoms with Crippen LogP contribution < -0.4 is 4.74 Å². The van der Waals surface area contributed by atoms with Crippen LogP contribution in [0.4, 0.5) is 18.9 Å². The molecule has 0 N–H and O–H groups in total. The Morgan fingerprint density at radius 3 is 2.78 bits per heavy atom. The quantitative estimate of drug-likeness (QED) is 0.466. The van der Waals surface area contributed by atoms with Gasteiger partial charge in [0, 0.05) is 24.8 Å². The molecular formula is C21H16ClF3N4O3. The van der Waals surface area contributed by atoms with E-state index >= 15 is 0 Å². The van der Waals surface area contributed by atoms with E-state index in [1.807, 2.05) is 0 Å². The van der Waals surface area contributed by atoms with Crippen LogP contribution in [0.25, 0.3) is 0 Å². The van der Waals surface area contributed by atoms with Crippen molar-refractivity contribution in [2.45, 2.75) is 31.9 Å². The number of hydrogen-bond acceptors (Lipinski definition) is 7. The third-order valence-electron chi connectivity index (χ3n) is 5.04. The molecule has 7 nitrogen and oxygen atoms in total. The Balaban J connectivity index is 1.48. The van der Waals surface area contributed by atoms with Crippen LogP contribution in [0.1, 0.15) is 52.3 Å². The molecule has 4 rings (SSSR count). The van der Waals surface area contributed by atoms with E-state index in [2.05, 4.69) is 20.1 Å². The molecule has 0 radical (unpaired) electrons. The van der Waals surface area contributed by atoms with E-state index in [0.29, 0.717) is 28.4 Å². The van der Waals surface area contributed by atoms with Gasteiger partial charge < -0.3 is 9.26 Å². The largest absolute Gasteiger partial charge is 0.480 e. The highest BCUT2D eigenvalue weighted by Crippen LogP contribution is 2.36. The smallest absolute Gasteiger partial charge is 0.416 e. The molecule has 0 spiro atoms. The van der Waals surface area contributed by atoms with Crippen molar-refractivity contribution in [3.63, 3.8) is 0 Å². The van der Waals surface area contributed by atoms with Crippen LogP contribution >= 0.6 is 11.6 Å². The van der Waals surface area contributed by atoms with Gasteiger partial charge in [0.2, 0.25) is 5.88 Å². The number of ether oxygens (including phenoxy) is 1. The molecule has 1 aliphatic heterocycles. The first-order valence-electron chi connectivity index (χ1n) is 9.49. The summed E-state index contributed by atoms with van der Waals surface area (Å²) in [5.41, 5.74) is 1.22. The molecule has 3 heterocycles. The van der Waals surface area contributed by atoms with E-state index in [1.54, 1.807) is 13.0 Å². The van der Waals surface area contributed by atoms with Crippen LogP contribution in [-0.2, 0) is 12.6 Å². The second-order valence-electron chi connectivity index (χ2n) is 7.27. The first-order chi connectivity index (χ1) is 15.2. The average Bonchev–Trinajstić information content (AvgIpc) is 3.39. The number of nitrogens with zero attached hydrogens (tertiary/aromatic N) is 4. The van der Waals surface area contributed by atoms with Crippen molar-refractivity contribution >= 4 is 28.8 Å². The highest BCUT2D eigenvalue weighted by atomic mass is 35.5. The summed E-state index contributed by atoms with van der Waals surface area (Å²) >= 11 is 6.12. The fourth-order valence-electron chi connectivity index (χ4n) is 3.35. The standard InChI is InChI=1S/C21H16ClF3N4O3/c1-10(5-16(30)19-18(22)20(31-2)27-9-26-19)14-8-17(32-29-14)15-7-11-6-12(21(23,24)25)3-4-13(11)28-15/h3-4,6,8-10H,5,7H2,1-2H3/t10-/m0/s1. The molecule has 3 aromatic rings. The van der Waals surface area contributed by atoms with Crippen molar-refractivity contribution in [2.75, 3.05) is 7.11 Å². The van der Waals surface area contributed by atoms with E-state index in [9.17, 15) is 18.0 Å². The molecule has 1 aliphatic rings. The second-order valence-corrected chi connectivity index (χ2v) is 7.64. The molecule has 0 saturated carbocycles. The fourth-order valence-corrected chi connectivity index (χ4v) is 3.63. The maximum atomic E-state index is 12.9. The lowest BCUT2D eigenvalue weighted by molar-refractivity contribution is -0.137. The monoisotopic (exact) mass is 464 g/mol. The van der Waals surface area contributed by atoms with Crippen molar-refractivity contribution in [1.29, 1.82) is 0 Å². The van der Waals surface area contributed by atoms with Gasteiger partial charge in [-0.05, 0) is 23.8 Å². The van der Waals surface area contributed by atoms with Crippen molar-refractivity contribution in [3.8, 4) is 5.88 Å². The minimum Gasteiger partial charge on any atom is -0.480 e. The summed E-state index contributed by atoms with van der Waals surface area (Å²) in [6.45, 7) is 1.78. The zero-order valence-electron chi connectivity index (χ0n) is 16.9. The van der Waals surface area contributed by atoms with Gasteiger partial charge in [0.25, 0.3) is 0 Å². The Bertz CT molecular complexity index is 1220. The first kappa shape index (κ1) is 21.9. The summed E-state index contributed by atoms with van der Waals surface area (Å²) in [6, 6.07) is 5.06. The topological polar surface area (TPSA) is 90.5 Å². The Labute approximate surface area is 185 Å². The third kappa shape index (κ3) is 4.22. The van der Waals surface area contributed by atoms with Crippen LogP contribution in [0.3, 0.4) is 0 Å². The summed E-state index contributed by atoms with van der Waals surface area (Å²) in [6.07, 6.45) is -2.99. The van der Waals surface area contributed by atoms with Gasteiger partial charge >= 0.3 is 6.18 Å². The Hall–Kier alpha value is -3.27. The van der Waals surface area contributed by atoms with Crippen molar-refractivity contribution in [2.24, 2.45) is 4.99 Å². The van der Waals surface area contributed by atoms with Crippen LogP contribution in [0.15, 0.2) is 40.1 Å². The molecule has 0 amide bonds. The molecule has 11 heteroatoms. The molecule has 0 bridgehead atoms. The lowest BCUT2D eigenvalue weighted by atomic mass is 9.98. The maximum absolute atomic E-state index is 12.9. The maximum Gasteiger partial charge on any atom is 0.416 e. The van der Waals surface area contributed by atoms with E-state index in [-0.39, 0.29) is 41.1 Å². The Kier molecular flexibility index (Phi) is 5.72. The summed E-state index contributed by atoms with van der Waals surface area (Å²) in [7, 11) is 1.38. The van der Waals surface area contributed by atoms with Crippen molar-refractivity contribution < 1.29 is 27.2 Å². The summed E-state index contributed by atoms with van der Waals surface area (Å²) < 4.78 is 49.2. The molecule has 32 heavy (non-hydrogen) atoms. The van der Waals surface area contributed by atoms with Gasteiger partial charge in [-0.25, -0.2) is 15.0 Å². The summed E-state index contributed by atoms with van der Waals surface area (Å²) in [5.74, 6) is -0.212. The molecule has 0 saturated heterocycles. The molecule has 0 unspecified atom stereocenters. The average molecular weight is 465 g/mol. The second kappa shape index (κ2) is 8.34. The lowest BCUT2D eigenvalue weighted by Gasteiger charge is -2.08. The number of Topliss-reactive ketones (excluding diaryl/α,β-unsaturated/α-hetero) is 1. The predicted molar refractivity (Wildman–Crippen MR) is 109 cm³/mol. The summed E-state index contributed by atoms with van der Waals surface area (Å²) in [5, 5.41) is 4.04. The minimum atomic E-state index is -4.42. The Morgan fingerprint density at radius 1 is 1.28 bits per heavy atom. The van der Waals surface area contributed by atoms with Gasteiger partial charge in [0.05, 0.1) is 29.8 Å². The molecule has 1 aromatic carbocycles. The first-order valence-corrected chi connectivity index (χ1v) is 9.87. The van der Waals surface area contributed by atoms with E-state index < -0.39 is 11.7 Å². The van der Waals surface area contributed by atoms with Crippen LogP contribution in [0, 0.1) is 0 Å². The number of benzene rings is 1. The van der Waals surface area contributed by atoms with Crippen LogP contribution in [0.5, 0.6) is 5.88 Å². The van der Waals surface area contributed by atoms with Gasteiger partial charge in [-0.2, -0.15) is 13.2 Å². The van der Waals surface area contributed by atoms with Gasteiger partial charge in [0.1, 0.15) is 17.0 Å². The molecule has 166 valence electrons.